The Hall–Kier alpha value is -3.04. The van der Waals surface area contributed by atoms with Crippen molar-refractivity contribution in [3.05, 3.63) is 60.4 Å². The molecule has 32 heavy (non-hydrogen) atoms. The highest BCUT2D eigenvalue weighted by atomic mass is 32.2. The molecule has 4 rings (SSSR count). The molecule has 164 valence electrons. The second kappa shape index (κ2) is 10.5. The SMILES string of the molecule is O=C(CC(=O)Nc1ccccc1C(=O)C1CCCC1)Nc1ncc(Sc2ccccn2)s1. The van der Waals surface area contributed by atoms with Crippen LogP contribution in [-0.2, 0) is 9.59 Å². The highest BCUT2D eigenvalue weighted by Gasteiger charge is 2.26. The average Bonchev–Trinajstić information content (AvgIpc) is 3.47. The molecule has 0 atom stereocenters. The Morgan fingerprint density at radius 2 is 1.72 bits per heavy atom. The Morgan fingerprint density at radius 1 is 0.969 bits per heavy atom. The molecule has 2 heterocycles. The minimum Gasteiger partial charge on any atom is -0.325 e. The van der Waals surface area contributed by atoms with E-state index in [1.165, 1.54) is 23.1 Å². The number of pyridine rings is 1. The maximum absolute atomic E-state index is 12.8. The largest absolute Gasteiger partial charge is 0.325 e. The van der Waals surface area contributed by atoms with Crippen LogP contribution in [0.1, 0.15) is 42.5 Å². The quantitative estimate of drug-likeness (QED) is 0.357. The molecule has 3 aromatic rings. The predicted octanol–water partition coefficient (Wildman–Crippen LogP) is 5.03. The summed E-state index contributed by atoms with van der Waals surface area (Å²) in [6, 6.07) is 12.6. The number of nitrogens with zero attached hydrogens (tertiary/aromatic N) is 2. The number of anilines is 2. The molecule has 7 nitrogen and oxygen atoms in total. The molecule has 1 aliphatic carbocycles. The number of ketones is 1. The van der Waals surface area contributed by atoms with Crippen LogP contribution in [0.4, 0.5) is 10.8 Å². The van der Waals surface area contributed by atoms with E-state index in [0.717, 1.165) is 34.9 Å². The van der Waals surface area contributed by atoms with E-state index in [1.54, 1.807) is 36.7 Å². The Labute approximate surface area is 194 Å². The number of carbonyl (C=O) groups excluding carboxylic acids is 3. The molecule has 0 bridgehead atoms. The van der Waals surface area contributed by atoms with Gasteiger partial charge in [0.1, 0.15) is 11.4 Å². The van der Waals surface area contributed by atoms with Crippen molar-refractivity contribution >= 4 is 51.5 Å². The number of thiazole rings is 1. The van der Waals surface area contributed by atoms with Crippen molar-refractivity contribution in [1.82, 2.24) is 9.97 Å². The predicted molar refractivity (Wildman–Crippen MR) is 125 cm³/mol. The van der Waals surface area contributed by atoms with E-state index in [0.29, 0.717) is 16.4 Å². The first-order valence-electron chi connectivity index (χ1n) is 10.4. The summed E-state index contributed by atoms with van der Waals surface area (Å²) in [5.74, 6) is -0.873. The van der Waals surface area contributed by atoms with Gasteiger partial charge in [-0.05, 0) is 37.1 Å². The Kier molecular flexibility index (Phi) is 7.28. The lowest BCUT2D eigenvalue weighted by Crippen LogP contribution is -2.23. The van der Waals surface area contributed by atoms with Crippen molar-refractivity contribution in [2.45, 2.75) is 41.3 Å². The third kappa shape index (κ3) is 5.80. The van der Waals surface area contributed by atoms with Crippen molar-refractivity contribution in [2.75, 3.05) is 10.6 Å². The molecule has 1 aromatic carbocycles. The van der Waals surface area contributed by atoms with Gasteiger partial charge < -0.3 is 10.6 Å². The maximum atomic E-state index is 12.8. The fraction of sp³-hybridized carbons (Fsp3) is 0.261. The van der Waals surface area contributed by atoms with Crippen molar-refractivity contribution < 1.29 is 14.4 Å². The fourth-order valence-electron chi connectivity index (χ4n) is 3.59. The molecular weight excluding hydrogens is 444 g/mol. The second-order valence-electron chi connectivity index (χ2n) is 7.42. The maximum Gasteiger partial charge on any atom is 0.235 e. The molecule has 1 aliphatic rings. The Balaban J connectivity index is 1.32. The van der Waals surface area contributed by atoms with Crippen LogP contribution in [0.5, 0.6) is 0 Å². The molecule has 9 heteroatoms. The van der Waals surface area contributed by atoms with Crippen LogP contribution >= 0.6 is 23.1 Å². The minimum atomic E-state index is -0.478. The lowest BCUT2D eigenvalue weighted by molar-refractivity contribution is -0.123. The summed E-state index contributed by atoms with van der Waals surface area (Å²) >= 11 is 2.76. The van der Waals surface area contributed by atoms with Gasteiger partial charge in [-0.1, -0.05) is 54.1 Å². The zero-order valence-electron chi connectivity index (χ0n) is 17.2. The van der Waals surface area contributed by atoms with Gasteiger partial charge in [-0.2, -0.15) is 0 Å². The van der Waals surface area contributed by atoms with Crippen molar-refractivity contribution in [3.8, 4) is 0 Å². The number of nitrogens with one attached hydrogen (secondary N) is 2. The van der Waals surface area contributed by atoms with Gasteiger partial charge in [-0.15, -0.1) is 0 Å². The summed E-state index contributed by atoms with van der Waals surface area (Å²) < 4.78 is 0.878. The summed E-state index contributed by atoms with van der Waals surface area (Å²) in [6.07, 6.45) is 6.90. The molecule has 0 aliphatic heterocycles. The van der Waals surface area contributed by atoms with Crippen LogP contribution in [0.2, 0.25) is 0 Å². The topological polar surface area (TPSA) is 101 Å². The number of carbonyl (C=O) groups is 3. The van der Waals surface area contributed by atoms with E-state index >= 15 is 0 Å². The van der Waals surface area contributed by atoms with Gasteiger partial charge in [0.15, 0.2) is 10.9 Å². The van der Waals surface area contributed by atoms with Crippen LogP contribution in [0.3, 0.4) is 0 Å². The Morgan fingerprint density at radius 3 is 2.50 bits per heavy atom. The zero-order valence-corrected chi connectivity index (χ0v) is 18.9. The van der Waals surface area contributed by atoms with Crippen LogP contribution in [0.15, 0.2) is 64.1 Å². The highest BCUT2D eigenvalue weighted by Crippen LogP contribution is 2.33. The number of rotatable bonds is 8. The molecule has 0 unspecified atom stereocenters. The van der Waals surface area contributed by atoms with E-state index in [1.807, 2.05) is 18.2 Å². The number of para-hydroxylation sites is 1. The second-order valence-corrected chi connectivity index (χ2v) is 9.77. The van der Waals surface area contributed by atoms with Gasteiger partial charge >= 0.3 is 0 Å². The van der Waals surface area contributed by atoms with Crippen LogP contribution in [0.25, 0.3) is 0 Å². The first kappa shape index (κ1) is 22.2. The van der Waals surface area contributed by atoms with E-state index in [9.17, 15) is 14.4 Å². The third-order valence-corrected chi connectivity index (χ3v) is 7.05. The lowest BCUT2D eigenvalue weighted by Gasteiger charge is -2.13. The zero-order chi connectivity index (χ0) is 22.3. The van der Waals surface area contributed by atoms with E-state index in [2.05, 4.69) is 20.6 Å². The number of hydrogen-bond donors (Lipinski definition) is 2. The normalized spacial score (nSPS) is 13.6. The first-order valence-corrected chi connectivity index (χ1v) is 12.0. The molecule has 2 aromatic heterocycles. The summed E-state index contributed by atoms with van der Waals surface area (Å²) in [5, 5.41) is 6.62. The monoisotopic (exact) mass is 466 g/mol. The van der Waals surface area contributed by atoms with Gasteiger partial charge in [0.2, 0.25) is 11.8 Å². The summed E-state index contributed by atoms with van der Waals surface area (Å²) in [5.41, 5.74) is 0.953. The van der Waals surface area contributed by atoms with Crippen LogP contribution in [0, 0.1) is 5.92 Å². The van der Waals surface area contributed by atoms with Gasteiger partial charge in [-0.25, -0.2) is 9.97 Å². The Bertz CT molecular complexity index is 1110. The van der Waals surface area contributed by atoms with Gasteiger partial charge in [0.25, 0.3) is 0 Å². The fourth-order valence-corrected chi connectivity index (χ4v) is 5.39. The third-order valence-electron chi connectivity index (χ3n) is 5.09. The molecule has 0 saturated heterocycles. The van der Waals surface area contributed by atoms with Crippen LogP contribution in [-0.4, -0.2) is 27.6 Å². The minimum absolute atomic E-state index is 0.0133. The molecule has 2 N–H and O–H groups in total. The van der Waals surface area contributed by atoms with E-state index in [4.69, 9.17) is 0 Å². The number of benzene rings is 1. The van der Waals surface area contributed by atoms with Gasteiger partial charge in [0, 0.05) is 17.7 Å². The molecule has 1 saturated carbocycles. The standard InChI is InChI=1S/C23H22N4O3S2/c28-18(26-17-10-4-3-9-16(17)22(30)15-7-1-2-8-15)13-19(29)27-23-25-14-21(32-23)31-20-11-5-6-12-24-20/h3-6,9-12,14-15H,1-2,7-8,13H2,(H,26,28)(H,25,27,29). The number of Topliss-reactive ketones (excluding diaryl/α,β-unsaturated/α-hetero) is 1. The molecule has 0 radical (unpaired) electrons. The average molecular weight is 467 g/mol. The van der Waals surface area contributed by atoms with Crippen molar-refractivity contribution in [3.63, 3.8) is 0 Å². The smallest absolute Gasteiger partial charge is 0.235 e. The summed E-state index contributed by atoms with van der Waals surface area (Å²) in [6.45, 7) is 0. The van der Waals surface area contributed by atoms with Crippen LogP contribution < -0.4 is 10.6 Å². The van der Waals surface area contributed by atoms with Gasteiger partial charge in [0.05, 0.1) is 16.1 Å². The van der Waals surface area contributed by atoms with Crippen molar-refractivity contribution in [1.29, 1.82) is 0 Å². The highest BCUT2D eigenvalue weighted by molar-refractivity contribution is 8.01. The molecule has 0 spiro atoms. The number of aromatic nitrogens is 2. The van der Waals surface area contributed by atoms with E-state index < -0.39 is 11.8 Å². The summed E-state index contributed by atoms with van der Waals surface area (Å²) in [4.78, 5) is 46.0. The van der Waals surface area contributed by atoms with Gasteiger partial charge in [-0.3, -0.25) is 14.4 Å². The molecule has 2 amide bonds. The first-order chi connectivity index (χ1) is 15.6. The molecule has 1 fully saturated rings. The van der Waals surface area contributed by atoms with Crippen molar-refractivity contribution in [2.24, 2.45) is 5.92 Å². The number of hydrogen-bond acceptors (Lipinski definition) is 7. The summed E-state index contributed by atoms with van der Waals surface area (Å²) in [7, 11) is 0. The number of amides is 2. The molecular formula is C23H22N4O3S2. The lowest BCUT2D eigenvalue weighted by atomic mass is 9.95. The van der Waals surface area contributed by atoms with E-state index in [-0.39, 0.29) is 18.1 Å².